The Hall–Kier alpha value is -1.40. The Labute approximate surface area is 125 Å². The topological polar surface area (TPSA) is 72.5 Å². The van der Waals surface area contributed by atoms with Crippen LogP contribution in [0.3, 0.4) is 0 Å². The molecule has 1 atom stereocenters. The molecule has 1 aromatic rings. The van der Waals surface area contributed by atoms with Crippen LogP contribution < -0.4 is 4.72 Å². The van der Waals surface area contributed by atoms with Crippen molar-refractivity contribution in [2.24, 2.45) is 5.92 Å². The van der Waals surface area contributed by atoms with Crippen molar-refractivity contribution >= 4 is 21.5 Å². The van der Waals surface area contributed by atoms with Crippen LogP contribution in [0.1, 0.15) is 36.5 Å². The maximum atomic E-state index is 12.1. The first-order valence-corrected chi connectivity index (χ1v) is 8.74. The molecule has 0 heterocycles. The number of benzene rings is 1. The Morgan fingerprint density at radius 1 is 1.33 bits per heavy atom. The second-order valence-corrected chi connectivity index (χ2v) is 7.27. The van der Waals surface area contributed by atoms with E-state index in [-0.39, 0.29) is 23.6 Å². The molecule has 5 nitrogen and oxygen atoms in total. The lowest BCUT2D eigenvalue weighted by Crippen LogP contribution is -2.25. The van der Waals surface area contributed by atoms with Crippen LogP contribution in [-0.4, -0.2) is 33.2 Å². The van der Waals surface area contributed by atoms with Crippen molar-refractivity contribution in [1.29, 1.82) is 0 Å². The van der Waals surface area contributed by atoms with Crippen LogP contribution in [0, 0.1) is 5.92 Å². The minimum absolute atomic E-state index is 0.105. The van der Waals surface area contributed by atoms with Crippen LogP contribution in [0.2, 0.25) is 0 Å². The summed E-state index contributed by atoms with van der Waals surface area (Å²) in [5, 5.41) is 0. The number of anilines is 1. The fourth-order valence-electron chi connectivity index (χ4n) is 2.21. The smallest absolute Gasteiger partial charge is 0.235 e. The van der Waals surface area contributed by atoms with E-state index in [1.165, 1.54) is 7.11 Å². The van der Waals surface area contributed by atoms with Gasteiger partial charge >= 0.3 is 0 Å². The highest BCUT2D eigenvalue weighted by Crippen LogP contribution is 2.30. The van der Waals surface area contributed by atoms with E-state index in [1.54, 1.807) is 31.2 Å². The first kappa shape index (κ1) is 16.0. The number of hydrogen-bond donors (Lipinski definition) is 1. The Balaban J connectivity index is 2.00. The van der Waals surface area contributed by atoms with Gasteiger partial charge in [-0.25, -0.2) is 8.42 Å². The summed E-state index contributed by atoms with van der Waals surface area (Å²) in [5.41, 5.74) is 1.11. The van der Waals surface area contributed by atoms with Gasteiger partial charge in [0.2, 0.25) is 10.0 Å². The Bertz CT molecular complexity index is 591. The Morgan fingerprint density at radius 2 is 1.95 bits per heavy atom. The summed E-state index contributed by atoms with van der Waals surface area (Å²) in [4.78, 5) is 12.1. The number of rotatable bonds is 7. The summed E-state index contributed by atoms with van der Waals surface area (Å²) >= 11 is 0. The molecule has 0 spiro atoms. The van der Waals surface area contributed by atoms with Crippen LogP contribution in [0.15, 0.2) is 24.3 Å². The van der Waals surface area contributed by atoms with Gasteiger partial charge in [-0.15, -0.1) is 0 Å². The quantitative estimate of drug-likeness (QED) is 0.785. The molecule has 0 aromatic heterocycles. The number of methoxy groups -OCH3 is 1. The van der Waals surface area contributed by atoms with Gasteiger partial charge in [0.15, 0.2) is 5.78 Å². The second-order valence-electron chi connectivity index (χ2n) is 5.50. The minimum atomic E-state index is -3.45. The Morgan fingerprint density at radius 3 is 2.43 bits per heavy atom. The fourth-order valence-corrected chi connectivity index (χ4v) is 3.54. The normalized spacial score (nSPS) is 17.0. The van der Waals surface area contributed by atoms with E-state index in [4.69, 9.17) is 4.74 Å². The van der Waals surface area contributed by atoms with Crippen LogP contribution in [-0.2, 0) is 14.8 Å². The van der Waals surface area contributed by atoms with Crippen LogP contribution in [0.5, 0.6) is 0 Å². The van der Waals surface area contributed by atoms with Gasteiger partial charge in [0.1, 0.15) is 0 Å². The van der Waals surface area contributed by atoms with Crippen molar-refractivity contribution in [1.82, 2.24) is 0 Å². The first-order valence-electron chi connectivity index (χ1n) is 7.09. The van der Waals surface area contributed by atoms with E-state index < -0.39 is 10.0 Å². The van der Waals surface area contributed by atoms with Gasteiger partial charge in [0, 0.05) is 24.3 Å². The third-order valence-electron chi connectivity index (χ3n) is 3.78. The van der Waals surface area contributed by atoms with Gasteiger partial charge in [-0.3, -0.25) is 9.52 Å². The maximum absolute atomic E-state index is 12.1. The van der Waals surface area contributed by atoms with Crippen molar-refractivity contribution in [3.05, 3.63) is 29.8 Å². The number of carbonyl (C=O) groups is 1. The van der Waals surface area contributed by atoms with E-state index in [9.17, 15) is 13.2 Å². The predicted octanol–water partition coefficient (Wildman–Crippen LogP) is 2.45. The molecule has 6 heteroatoms. The average molecular weight is 311 g/mol. The minimum Gasteiger partial charge on any atom is -0.381 e. The van der Waals surface area contributed by atoms with Gasteiger partial charge in [-0.2, -0.15) is 0 Å². The van der Waals surface area contributed by atoms with Gasteiger partial charge in [-0.05, 0) is 44.0 Å². The molecule has 0 amide bonds. The third-order valence-corrected chi connectivity index (χ3v) is 5.23. The Kier molecular flexibility index (Phi) is 5.00. The number of nitrogens with one attached hydrogen (secondary N) is 1. The molecule has 0 saturated heterocycles. The van der Waals surface area contributed by atoms with E-state index in [0.717, 1.165) is 19.3 Å². The molecule has 116 valence electrons. The molecule has 1 aromatic carbocycles. The van der Waals surface area contributed by atoms with E-state index in [0.29, 0.717) is 11.3 Å². The highest BCUT2D eigenvalue weighted by Gasteiger charge is 2.26. The number of Topliss-reactive ketones (excluding diaryl/α,β-unsaturated/α-hetero) is 1. The van der Waals surface area contributed by atoms with Crippen LogP contribution in [0.4, 0.5) is 5.69 Å². The molecule has 2 rings (SSSR count). The van der Waals surface area contributed by atoms with Crippen LogP contribution >= 0.6 is 0 Å². The molecule has 1 saturated carbocycles. The fraction of sp³-hybridized carbons (Fsp3) is 0.533. The zero-order valence-electron chi connectivity index (χ0n) is 12.3. The largest absolute Gasteiger partial charge is 0.381 e. The number of hydrogen-bond acceptors (Lipinski definition) is 4. The van der Waals surface area contributed by atoms with Gasteiger partial charge in [0.05, 0.1) is 11.9 Å². The lowest BCUT2D eigenvalue weighted by molar-refractivity contribution is 0.0855. The van der Waals surface area contributed by atoms with Crippen molar-refractivity contribution in [3.8, 4) is 0 Å². The molecular formula is C15H21NO4S. The summed E-state index contributed by atoms with van der Waals surface area (Å²) < 4.78 is 31.2. The zero-order valence-corrected chi connectivity index (χ0v) is 13.2. The molecule has 1 fully saturated rings. The van der Waals surface area contributed by atoms with Crippen molar-refractivity contribution in [2.75, 3.05) is 17.6 Å². The SMILES string of the molecule is CO[C@@H](C)CS(=O)(=O)Nc1ccc(C(=O)C2CCC2)cc1. The zero-order chi connectivity index (χ0) is 15.5. The lowest BCUT2D eigenvalue weighted by Gasteiger charge is -2.23. The maximum Gasteiger partial charge on any atom is 0.235 e. The number of carbonyl (C=O) groups excluding carboxylic acids is 1. The van der Waals surface area contributed by atoms with E-state index in [2.05, 4.69) is 4.72 Å². The summed E-state index contributed by atoms with van der Waals surface area (Å²) in [5.74, 6) is 0.199. The van der Waals surface area contributed by atoms with E-state index >= 15 is 0 Å². The molecule has 0 bridgehead atoms. The molecule has 0 unspecified atom stereocenters. The molecular weight excluding hydrogens is 290 g/mol. The van der Waals surface area contributed by atoms with Crippen molar-refractivity contribution in [3.63, 3.8) is 0 Å². The third kappa shape index (κ3) is 4.28. The van der Waals surface area contributed by atoms with Crippen molar-refractivity contribution in [2.45, 2.75) is 32.3 Å². The number of sulfonamides is 1. The predicted molar refractivity (Wildman–Crippen MR) is 82.0 cm³/mol. The van der Waals surface area contributed by atoms with Crippen molar-refractivity contribution < 1.29 is 17.9 Å². The first-order chi connectivity index (χ1) is 9.91. The highest BCUT2D eigenvalue weighted by atomic mass is 32.2. The molecule has 0 aliphatic heterocycles. The van der Waals surface area contributed by atoms with E-state index in [1.807, 2.05) is 0 Å². The standard InChI is InChI=1S/C15H21NO4S/c1-11(20-2)10-21(18,19)16-14-8-6-13(7-9-14)15(17)12-4-3-5-12/h6-9,11-12,16H,3-5,10H2,1-2H3/t11-/m0/s1. The van der Waals surface area contributed by atoms with Gasteiger partial charge in [0.25, 0.3) is 0 Å². The van der Waals surface area contributed by atoms with Crippen LogP contribution in [0.25, 0.3) is 0 Å². The molecule has 1 aliphatic carbocycles. The number of ether oxygens (including phenoxy) is 1. The summed E-state index contributed by atoms with van der Waals surface area (Å²) in [6, 6.07) is 6.61. The average Bonchev–Trinajstić information content (AvgIpc) is 2.36. The molecule has 1 N–H and O–H groups in total. The molecule has 1 aliphatic rings. The molecule has 0 radical (unpaired) electrons. The lowest BCUT2D eigenvalue weighted by atomic mass is 9.80. The van der Waals surface area contributed by atoms with Gasteiger partial charge in [-0.1, -0.05) is 6.42 Å². The monoisotopic (exact) mass is 311 g/mol. The molecule has 21 heavy (non-hydrogen) atoms. The van der Waals surface area contributed by atoms with Gasteiger partial charge < -0.3 is 4.74 Å². The second kappa shape index (κ2) is 6.58. The highest BCUT2D eigenvalue weighted by molar-refractivity contribution is 7.92. The summed E-state index contributed by atoms with van der Waals surface area (Å²) in [6.45, 7) is 1.69. The summed E-state index contributed by atoms with van der Waals surface area (Å²) in [6.07, 6.45) is 2.66. The summed E-state index contributed by atoms with van der Waals surface area (Å²) in [7, 11) is -1.98. The number of ketones is 1.